The number of nitrogens with zero attached hydrogens (tertiary/aromatic N) is 1. The van der Waals surface area contributed by atoms with Gasteiger partial charge in [0.05, 0.1) is 11.0 Å². The lowest BCUT2D eigenvalue weighted by Crippen LogP contribution is -2.11. The van der Waals surface area contributed by atoms with Crippen LogP contribution in [0.15, 0.2) is 42.5 Å². The van der Waals surface area contributed by atoms with Gasteiger partial charge in [-0.25, -0.2) is 4.98 Å². The maximum absolute atomic E-state index is 12.1. The van der Waals surface area contributed by atoms with Crippen molar-refractivity contribution in [2.24, 2.45) is 0 Å². The molecule has 4 heteroatoms. The van der Waals surface area contributed by atoms with Gasteiger partial charge in [-0.15, -0.1) is 0 Å². The molecular weight excluding hydrogens is 250 g/mol. The van der Waals surface area contributed by atoms with Crippen molar-refractivity contribution in [3.8, 4) is 0 Å². The fraction of sp³-hybridized carbons (Fsp3) is 0.125. The summed E-state index contributed by atoms with van der Waals surface area (Å²) in [6.45, 7) is 3.90. The highest BCUT2D eigenvalue weighted by Gasteiger charge is 2.07. The van der Waals surface area contributed by atoms with E-state index in [1.807, 2.05) is 56.3 Å². The largest absolute Gasteiger partial charge is 0.342 e. The Labute approximate surface area is 116 Å². The number of fused-ring (bicyclic) bond motifs is 1. The van der Waals surface area contributed by atoms with Crippen molar-refractivity contribution in [2.75, 3.05) is 5.32 Å². The first kappa shape index (κ1) is 12.4. The highest BCUT2D eigenvalue weighted by atomic mass is 16.1. The van der Waals surface area contributed by atoms with Crippen LogP contribution in [0, 0.1) is 13.8 Å². The van der Waals surface area contributed by atoms with Crippen LogP contribution in [-0.4, -0.2) is 15.9 Å². The third kappa shape index (κ3) is 2.40. The summed E-state index contributed by atoms with van der Waals surface area (Å²) >= 11 is 0. The first-order valence-electron chi connectivity index (χ1n) is 6.46. The summed E-state index contributed by atoms with van der Waals surface area (Å²) in [6.07, 6.45) is 0. The van der Waals surface area contributed by atoms with E-state index >= 15 is 0 Å². The second kappa shape index (κ2) is 4.81. The van der Waals surface area contributed by atoms with Crippen molar-refractivity contribution in [2.45, 2.75) is 13.8 Å². The lowest BCUT2D eigenvalue weighted by atomic mass is 10.1. The number of hydrogen-bond acceptors (Lipinski definition) is 2. The molecule has 3 rings (SSSR count). The molecule has 4 nitrogen and oxygen atoms in total. The Balaban J connectivity index is 1.84. The van der Waals surface area contributed by atoms with E-state index in [-0.39, 0.29) is 5.91 Å². The molecule has 1 heterocycles. The van der Waals surface area contributed by atoms with Gasteiger partial charge in [0, 0.05) is 11.3 Å². The SMILES string of the molecule is Cc1ccc(C(=O)Nc2ccc3nc(C)[nH]c3c2)cc1. The molecule has 2 aromatic carbocycles. The van der Waals surface area contributed by atoms with Crippen molar-refractivity contribution >= 4 is 22.6 Å². The second-order valence-electron chi connectivity index (χ2n) is 4.87. The van der Waals surface area contributed by atoms with Gasteiger partial charge in [0.1, 0.15) is 5.82 Å². The fourth-order valence-electron chi connectivity index (χ4n) is 2.12. The molecule has 0 atom stereocenters. The van der Waals surface area contributed by atoms with Crippen LogP contribution < -0.4 is 5.32 Å². The summed E-state index contributed by atoms with van der Waals surface area (Å²) in [5, 5.41) is 2.89. The van der Waals surface area contributed by atoms with Gasteiger partial charge in [-0.05, 0) is 44.2 Å². The zero-order valence-electron chi connectivity index (χ0n) is 11.4. The summed E-state index contributed by atoms with van der Waals surface area (Å²) in [6, 6.07) is 13.1. The molecule has 0 radical (unpaired) electrons. The smallest absolute Gasteiger partial charge is 0.255 e. The molecular formula is C16H15N3O. The van der Waals surface area contributed by atoms with Crippen molar-refractivity contribution in [3.63, 3.8) is 0 Å². The Kier molecular flexibility index (Phi) is 2.99. The molecule has 1 amide bonds. The van der Waals surface area contributed by atoms with Crippen LogP contribution in [0.4, 0.5) is 5.69 Å². The fourth-order valence-corrected chi connectivity index (χ4v) is 2.12. The molecule has 1 aromatic heterocycles. The zero-order chi connectivity index (χ0) is 14.1. The standard InChI is InChI=1S/C16H15N3O/c1-10-3-5-12(6-4-10)16(20)19-13-7-8-14-15(9-13)18-11(2)17-14/h3-9H,1-2H3,(H,17,18)(H,19,20). The number of aryl methyl sites for hydroxylation is 2. The van der Waals surface area contributed by atoms with Gasteiger partial charge in [0.25, 0.3) is 5.91 Å². The second-order valence-corrected chi connectivity index (χ2v) is 4.87. The van der Waals surface area contributed by atoms with Gasteiger partial charge in [0.2, 0.25) is 0 Å². The van der Waals surface area contributed by atoms with Gasteiger partial charge in [0.15, 0.2) is 0 Å². The predicted molar refractivity (Wildman–Crippen MR) is 80.0 cm³/mol. The van der Waals surface area contributed by atoms with Crippen molar-refractivity contribution in [3.05, 3.63) is 59.4 Å². The maximum atomic E-state index is 12.1. The molecule has 0 aliphatic carbocycles. The van der Waals surface area contributed by atoms with E-state index in [1.165, 1.54) is 0 Å². The molecule has 20 heavy (non-hydrogen) atoms. The number of benzene rings is 2. The average Bonchev–Trinajstić information content (AvgIpc) is 2.78. The summed E-state index contributed by atoms with van der Waals surface area (Å²) < 4.78 is 0. The van der Waals surface area contributed by atoms with E-state index in [9.17, 15) is 4.79 Å². The first-order valence-corrected chi connectivity index (χ1v) is 6.46. The van der Waals surface area contributed by atoms with Gasteiger partial charge < -0.3 is 10.3 Å². The van der Waals surface area contributed by atoms with Gasteiger partial charge in [-0.2, -0.15) is 0 Å². The lowest BCUT2D eigenvalue weighted by molar-refractivity contribution is 0.102. The van der Waals surface area contributed by atoms with E-state index in [0.717, 1.165) is 28.1 Å². The molecule has 2 N–H and O–H groups in total. The number of H-pyrrole nitrogens is 1. The van der Waals surface area contributed by atoms with Crippen LogP contribution in [0.25, 0.3) is 11.0 Å². The molecule has 3 aromatic rings. The Morgan fingerprint density at radius 3 is 2.60 bits per heavy atom. The Morgan fingerprint density at radius 2 is 1.85 bits per heavy atom. The third-order valence-electron chi connectivity index (χ3n) is 3.17. The van der Waals surface area contributed by atoms with E-state index in [2.05, 4.69) is 15.3 Å². The van der Waals surface area contributed by atoms with Crippen LogP contribution in [-0.2, 0) is 0 Å². The molecule has 100 valence electrons. The Hall–Kier alpha value is -2.62. The number of imidazole rings is 1. The number of amides is 1. The van der Waals surface area contributed by atoms with Crippen molar-refractivity contribution < 1.29 is 4.79 Å². The van der Waals surface area contributed by atoms with Crippen LogP contribution in [0.3, 0.4) is 0 Å². The molecule has 0 aliphatic heterocycles. The lowest BCUT2D eigenvalue weighted by Gasteiger charge is -2.05. The molecule has 0 unspecified atom stereocenters. The molecule has 0 spiro atoms. The van der Waals surface area contributed by atoms with Crippen molar-refractivity contribution in [1.29, 1.82) is 0 Å². The minimum absolute atomic E-state index is 0.111. The Morgan fingerprint density at radius 1 is 1.10 bits per heavy atom. The average molecular weight is 265 g/mol. The van der Waals surface area contributed by atoms with E-state index < -0.39 is 0 Å². The van der Waals surface area contributed by atoms with Crippen LogP contribution in [0.1, 0.15) is 21.7 Å². The van der Waals surface area contributed by atoms with Gasteiger partial charge >= 0.3 is 0 Å². The highest BCUT2D eigenvalue weighted by Crippen LogP contribution is 2.18. The predicted octanol–water partition coefficient (Wildman–Crippen LogP) is 3.43. The monoisotopic (exact) mass is 265 g/mol. The van der Waals surface area contributed by atoms with Gasteiger partial charge in [-0.3, -0.25) is 4.79 Å². The van der Waals surface area contributed by atoms with Crippen LogP contribution in [0.5, 0.6) is 0 Å². The number of hydrogen-bond donors (Lipinski definition) is 2. The van der Waals surface area contributed by atoms with E-state index in [4.69, 9.17) is 0 Å². The Bertz CT molecular complexity index is 772. The number of aromatic nitrogens is 2. The minimum atomic E-state index is -0.111. The summed E-state index contributed by atoms with van der Waals surface area (Å²) in [5.41, 5.74) is 4.36. The molecule has 0 bridgehead atoms. The molecule has 0 fully saturated rings. The number of aromatic amines is 1. The topological polar surface area (TPSA) is 57.8 Å². The highest BCUT2D eigenvalue weighted by molar-refractivity contribution is 6.04. The van der Waals surface area contributed by atoms with Crippen LogP contribution >= 0.6 is 0 Å². The van der Waals surface area contributed by atoms with Crippen LogP contribution in [0.2, 0.25) is 0 Å². The zero-order valence-corrected chi connectivity index (χ0v) is 11.4. The third-order valence-corrected chi connectivity index (χ3v) is 3.17. The number of carbonyl (C=O) groups is 1. The summed E-state index contributed by atoms with van der Waals surface area (Å²) in [5.74, 6) is 0.752. The first-order chi connectivity index (χ1) is 9.61. The minimum Gasteiger partial charge on any atom is -0.342 e. The molecule has 0 saturated heterocycles. The number of anilines is 1. The maximum Gasteiger partial charge on any atom is 0.255 e. The molecule has 0 aliphatic rings. The molecule has 0 saturated carbocycles. The number of nitrogens with one attached hydrogen (secondary N) is 2. The summed E-state index contributed by atoms with van der Waals surface area (Å²) in [4.78, 5) is 19.6. The van der Waals surface area contributed by atoms with Gasteiger partial charge in [-0.1, -0.05) is 17.7 Å². The normalized spacial score (nSPS) is 10.7. The number of rotatable bonds is 2. The van der Waals surface area contributed by atoms with E-state index in [0.29, 0.717) is 5.56 Å². The quantitative estimate of drug-likeness (QED) is 0.745. The van der Waals surface area contributed by atoms with E-state index in [1.54, 1.807) is 0 Å². The number of carbonyl (C=O) groups excluding carboxylic acids is 1. The van der Waals surface area contributed by atoms with Crippen molar-refractivity contribution in [1.82, 2.24) is 9.97 Å². The summed E-state index contributed by atoms with van der Waals surface area (Å²) in [7, 11) is 0.